The average Bonchev–Trinajstić information content (AvgIpc) is 3.21. The molecule has 2 heterocycles. The van der Waals surface area contributed by atoms with Crippen molar-refractivity contribution < 1.29 is 14.3 Å². The minimum atomic E-state index is -0.413. The lowest BCUT2D eigenvalue weighted by molar-refractivity contribution is -0.312. The van der Waals surface area contributed by atoms with Crippen LogP contribution in [0.5, 0.6) is 0 Å². The molecule has 2 aliphatic heterocycles. The van der Waals surface area contributed by atoms with Gasteiger partial charge in [-0.25, -0.2) is 0 Å². The molecule has 2 atom stereocenters. The smallest absolute Gasteiger partial charge is 0.225 e. The number of piperidine rings is 1. The van der Waals surface area contributed by atoms with Crippen LogP contribution in [0.4, 0.5) is 0 Å². The van der Waals surface area contributed by atoms with Crippen LogP contribution in [-0.2, 0) is 14.3 Å². The first-order valence-corrected chi connectivity index (χ1v) is 9.05. The van der Waals surface area contributed by atoms with E-state index in [1.165, 1.54) is 19.3 Å². The molecule has 0 aromatic heterocycles. The Morgan fingerprint density at radius 1 is 1.09 bits per heavy atom. The Kier molecular flexibility index (Phi) is 3.53. The maximum Gasteiger partial charge on any atom is 0.225 e. The SMILES string of the molecule is CC1(C)COC2(CCN(C(=O)C3CC3C3CCC3)CC2)OC1. The molecule has 1 spiro atoms. The van der Waals surface area contributed by atoms with E-state index in [2.05, 4.69) is 18.7 Å². The zero-order chi connectivity index (χ0) is 15.4. The van der Waals surface area contributed by atoms with Crippen molar-refractivity contribution >= 4 is 5.91 Å². The van der Waals surface area contributed by atoms with Crippen LogP contribution < -0.4 is 0 Å². The molecule has 2 saturated carbocycles. The van der Waals surface area contributed by atoms with Gasteiger partial charge in [0.1, 0.15) is 0 Å². The van der Waals surface area contributed by atoms with Gasteiger partial charge in [-0.1, -0.05) is 33.1 Å². The van der Waals surface area contributed by atoms with Crippen LogP contribution in [0.2, 0.25) is 0 Å². The summed E-state index contributed by atoms with van der Waals surface area (Å²) in [5.41, 5.74) is 0.113. The van der Waals surface area contributed by atoms with Crippen molar-refractivity contribution in [3.05, 3.63) is 0 Å². The molecule has 4 aliphatic rings. The number of carbonyl (C=O) groups excluding carboxylic acids is 1. The second kappa shape index (κ2) is 5.20. The molecular formula is C18H29NO3. The fourth-order valence-corrected chi connectivity index (χ4v) is 4.22. The second-order valence-electron chi connectivity index (χ2n) is 8.67. The molecule has 4 nitrogen and oxygen atoms in total. The molecule has 2 unspecified atom stereocenters. The summed E-state index contributed by atoms with van der Waals surface area (Å²) in [4.78, 5) is 14.7. The van der Waals surface area contributed by atoms with Crippen LogP contribution in [0.3, 0.4) is 0 Å². The fourth-order valence-electron chi connectivity index (χ4n) is 4.22. The van der Waals surface area contributed by atoms with Gasteiger partial charge in [-0.15, -0.1) is 0 Å². The standard InChI is InChI=1S/C18H29NO3/c1-17(2)11-21-18(22-12-17)6-8-19(9-7-18)16(20)15-10-14(15)13-4-3-5-13/h13-15H,3-12H2,1-2H3. The van der Waals surface area contributed by atoms with Crippen molar-refractivity contribution in [2.24, 2.45) is 23.2 Å². The van der Waals surface area contributed by atoms with Gasteiger partial charge < -0.3 is 14.4 Å². The molecule has 0 aromatic carbocycles. The lowest BCUT2D eigenvalue weighted by Gasteiger charge is -2.47. The van der Waals surface area contributed by atoms with Crippen molar-refractivity contribution in [3.8, 4) is 0 Å². The molecule has 0 aromatic rings. The molecule has 0 radical (unpaired) electrons. The number of carbonyl (C=O) groups is 1. The topological polar surface area (TPSA) is 38.8 Å². The van der Waals surface area contributed by atoms with Gasteiger partial charge in [0, 0.05) is 37.3 Å². The van der Waals surface area contributed by atoms with Crippen molar-refractivity contribution in [1.29, 1.82) is 0 Å². The lowest BCUT2D eigenvalue weighted by Crippen LogP contribution is -2.54. The van der Waals surface area contributed by atoms with Gasteiger partial charge >= 0.3 is 0 Å². The fraction of sp³-hybridized carbons (Fsp3) is 0.944. The molecule has 2 saturated heterocycles. The minimum Gasteiger partial charge on any atom is -0.349 e. The monoisotopic (exact) mass is 307 g/mol. The first kappa shape index (κ1) is 14.9. The zero-order valence-electron chi connectivity index (χ0n) is 14.0. The third-order valence-corrected chi connectivity index (χ3v) is 6.20. The highest BCUT2D eigenvalue weighted by atomic mass is 16.7. The quantitative estimate of drug-likeness (QED) is 0.787. The van der Waals surface area contributed by atoms with Crippen LogP contribution >= 0.6 is 0 Å². The summed E-state index contributed by atoms with van der Waals surface area (Å²) in [5.74, 6) is 1.90. The number of rotatable bonds is 2. The third-order valence-electron chi connectivity index (χ3n) is 6.20. The van der Waals surface area contributed by atoms with E-state index in [4.69, 9.17) is 9.47 Å². The summed E-state index contributed by atoms with van der Waals surface area (Å²) < 4.78 is 12.1. The normalized spacial score (nSPS) is 36.9. The average molecular weight is 307 g/mol. The molecule has 4 heteroatoms. The summed E-state index contributed by atoms with van der Waals surface area (Å²) in [5, 5.41) is 0. The largest absolute Gasteiger partial charge is 0.349 e. The first-order valence-electron chi connectivity index (χ1n) is 9.05. The molecule has 4 fully saturated rings. The van der Waals surface area contributed by atoms with Crippen molar-refractivity contribution in [2.75, 3.05) is 26.3 Å². The van der Waals surface area contributed by atoms with E-state index in [1.807, 2.05) is 0 Å². The summed E-state index contributed by atoms with van der Waals surface area (Å²) in [6.07, 6.45) is 6.89. The van der Waals surface area contributed by atoms with Gasteiger partial charge in [0.2, 0.25) is 5.91 Å². The zero-order valence-corrected chi connectivity index (χ0v) is 14.0. The van der Waals surface area contributed by atoms with Gasteiger partial charge in [-0.3, -0.25) is 4.79 Å². The Morgan fingerprint density at radius 2 is 1.73 bits per heavy atom. The second-order valence-corrected chi connectivity index (χ2v) is 8.67. The number of hydrogen-bond donors (Lipinski definition) is 0. The highest BCUT2D eigenvalue weighted by Gasteiger charge is 2.51. The molecule has 2 aliphatic carbocycles. The van der Waals surface area contributed by atoms with Crippen LogP contribution in [0.25, 0.3) is 0 Å². The van der Waals surface area contributed by atoms with E-state index in [0.717, 1.165) is 51.5 Å². The molecule has 1 amide bonds. The van der Waals surface area contributed by atoms with E-state index >= 15 is 0 Å². The predicted molar refractivity (Wildman–Crippen MR) is 83.2 cm³/mol. The van der Waals surface area contributed by atoms with Crippen LogP contribution in [-0.4, -0.2) is 42.9 Å². The van der Waals surface area contributed by atoms with E-state index in [1.54, 1.807) is 0 Å². The Hall–Kier alpha value is -0.610. The van der Waals surface area contributed by atoms with Crippen LogP contribution in [0.15, 0.2) is 0 Å². The van der Waals surface area contributed by atoms with E-state index in [9.17, 15) is 4.79 Å². The lowest BCUT2D eigenvalue weighted by atomic mass is 9.81. The van der Waals surface area contributed by atoms with Gasteiger partial charge in [0.15, 0.2) is 5.79 Å². The molecular weight excluding hydrogens is 278 g/mol. The Labute approximate surface area is 133 Å². The third kappa shape index (κ3) is 2.69. The number of ether oxygens (including phenoxy) is 2. The van der Waals surface area contributed by atoms with Gasteiger partial charge in [0.25, 0.3) is 0 Å². The van der Waals surface area contributed by atoms with Gasteiger partial charge in [0.05, 0.1) is 13.2 Å². The van der Waals surface area contributed by atoms with E-state index in [0.29, 0.717) is 17.7 Å². The van der Waals surface area contributed by atoms with Crippen molar-refractivity contribution in [2.45, 2.75) is 58.2 Å². The first-order chi connectivity index (χ1) is 10.5. The van der Waals surface area contributed by atoms with Crippen LogP contribution in [0, 0.1) is 23.2 Å². The maximum absolute atomic E-state index is 12.6. The molecule has 22 heavy (non-hydrogen) atoms. The minimum absolute atomic E-state index is 0.113. The van der Waals surface area contributed by atoms with Gasteiger partial charge in [-0.2, -0.15) is 0 Å². The maximum atomic E-state index is 12.6. The Balaban J connectivity index is 1.28. The molecule has 4 rings (SSSR count). The highest BCUT2D eigenvalue weighted by molar-refractivity contribution is 5.81. The molecule has 0 bridgehead atoms. The summed E-state index contributed by atoms with van der Waals surface area (Å²) >= 11 is 0. The number of amides is 1. The highest BCUT2D eigenvalue weighted by Crippen LogP contribution is 2.52. The predicted octanol–water partition coefficient (Wildman–Crippen LogP) is 2.81. The van der Waals surface area contributed by atoms with Gasteiger partial charge in [-0.05, 0) is 18.3 Å². The van der Waals surface area contributed by atoms with E-state index < -0.39 is 5.79 Å². The molecule has 0 N–H and O–H groups in total. The summed E-state index contributed by atoms with van der Waals surface area (Å²) in [6, 6.07) is 0. The summed E-state index contributed by atoms with van der Waals surface area (Å²) in [7, 11) is 0. The number of hydrogen-bond acceptors (Lipinski definition) is 3. The van der Waals surface area contributed by atoms with Crippen LogP contribution in [0.1, 0.15) is 52.4 Å². The van der Waals surface area contributed by atoms with Crippen molar-refractivity contribution in [3.63, 3.8) is 0 Å². The summed E-state index contributed by atoms with van der Waals surface area (Å²) in [6.45, 7) is 7.46. The van der Waals surface area contributed by atoms with Crippen molar-refractivity contribution in [1.82, 2.24) is 4.90 Å². The number of nitrogens with zero attached hydrogens (tertiary/aromatic N) is 1. The molecule has 124 valence electrons. The Bertz CT molecular complexity index is 437. The number of likely N-dealkylation sites (tertiary alicyclic amines) is 1. The Morgan fingerprint density at radius 3 is 2.27 bits per heavy atom. The van der Waals surface area contributed by atoms with E-state index in [-0.39, 0.29) is 5.41 Å².